The van der Waals surface area contributed by atoms with E-state index in [1.54, 1.807) is 12.1 Å². The van der Waals surface area contributed by atoms with Gasteiger partial charge in [0.25, 0.3) is 0 Å². The van der Waals surface area contributed by atoms with E-state index in [4.69, 9.17) is 0 Å². The number of halogens is 1. The van der Waals surface area contributed by atoms with Crippen molar-refractivity contribution in [3.05, 3.63) is 35.1 Å². The molecular weight excluding hydrogens is 213 g/mol. The first kappa shape index (κ1) is 12.6. The first-order valence-electron chi connectivity index (χ1n) is 6.59. The zero-order valence-corrected chi connectivity index (χ0v) is 10.9. The molecule has 1 saturated carbocycles. The van der Waals surface area contributed by atoms with Crippen molar-refractivity contribution in [2.75, 3.05) is 0 Å². The Labute approximate surface area is 103 Å². The van der Waals surface area contributed by atoms with Gasteiger partial charge in [0.1, 0.15) is 5.82 Å². The highest BCUT2D eigenvalue weighted by atomic mass is 19.1. The van der Waals surface area contributed by atoms with E-state index in [2.05, 4.69) is 12.2 Å². The van der Waals surface area contributed by atoms with Crippen LogP contribution in [0, 0.1) is 12.7 Å². The van der Waals surface area contributed by atoms with Gasteiger partial charge in [-0.15, -0.1) is 0 Å². The van der Waals surface area contributed by atoms with E-state index < -0.39 is 0 Å². The van der Waals surface area contributed by atoms with E-state index >= 15 is 0 Å². The lowest BCUT2D eigenvalue weighted by molar-refractivity contribution is 0.252. The maximum Gasteiger partial charge on any atom is 0.123 e. The smallest absolute Gasteiger partial charge is 0.123 e. The van der Waals surface area contributed by atoms with Crippen molar-refractivity contribution in [3.63, 3.8) is 0 Å². The lowest BCUT2D eigenvalue weighted by atomic mass is 9.83. The van der Waals surface area contributed by atoms with Crippen molar-refractivity contribution < 1.29 is 4.39 Å². The van der Waals surface area contributed by atoms with Gasteiger partial charge in [0, 0.05) is 12.1 Å². The summed E-state index contributed by atoms with van der Waals surface area (Å²) < 4.78 is 13.0. The zero-order valence-electron chi connectivity index (χ0n) is 10.9. The molecule has 1 aliphatic carbocycles. The normalized spacial score (nSPS) is 19.2. The van der Waals surface area contributed by atoms with Crippen LogP contribution in [-0.4, -0.2) is 5.54 Å². The molecule has 0 unspecified atom stereocenters. The summed E-state index contributed by atoms with van der Waals surface area (Å²) in [4.78, 5) is 0. The fraction of sp³-hybridized carbons (Fsp3) is 0.600. The summed E-state index contributed by atoms with van der Waals surface area (Å²) in [5.74, 6) is -0.143. The van der Waals surface area contributed by atoms with E-state index in [1.165, 1.54) is 37.7 Å². The minimum atomic E-state index is -0.143. The summed E-state index contributed by atoms with van der Waals surface area (Å²) in [6, 6.07) is 5.05. The Morgan fingerprint density at radius 2 is 1.94 bits per heavy atom. The molecule has 0 atom stereocenters. The Morgan fingerprint density at radius 3 is 2.59 bits per heavy atom. The van der Waals surface area contributed by atoms with Crippen LogP contribution in [0.4, 0.5) is 4.39 Å². The van der Waals surface area contributed by atoms with Crippen molar-refractivity contribution in [1.82, 2.24) is 5.32 Å². The molecule has 0 radical (unpaired) electrons. The Balaban J connectivity index is 1.97. The molecule has 1 aromatic rings. The first-order valence-corrected chi connectivity index (χ1v) is 6.59. The van der Waals surface area contributed by atoms with Crippen LogP contribution in [0.3, 0.4) is 0 Å². The van der Waals surface area contributed by atoms with Gasteiger partial charge in [-0.25, -0.2) is 4.39 Å². The summed E-state index contributed by atoms with van der Waals surface area (Å²) in [6.45, 7) is 5.14. The molecule has 1 N–H and O–H groups in total. The number of hydrogen-bond donors (Lipinski definition) is 1. The SMILES string of the molecule is Cc1cc(F)ccc1CNC1(C)CCCCC1. The van der Waals surface area contributed by atoms with Crippen molar-refractivity contribution in [3.8, 4) is 0 Å². The first-order chi connectivity index (χ1) is 8.09. The minimum Gasteiger partial charge on any atom is -0.307 e. The van der Waals surface area contributed by atoms with Crippen molar-refractivity contribution in [1.29, 1.82) is 0 Å². The third-order valence-electron chi connectivity index (χ3n) is 3.97. The highest BCUT2D eigenvalue weighted by Gasteiger charge is 2.25. The molecule has 1 aliphatic rings. The van der Waals surface area contributed by atoms with Gasteiger partial charge in [-0.2, -0.15) is 0 Å². The molecule has 2 heteroatoms. The van der Waals surface area contributed by atoms with Gasteiger partial charge in [-0.1, -0.05) is 25.3 Å². The molecule has 0 aromatic heterocycles. The second kappa shape index (κ2) is 5.18. The Kier molecular flexibility index (Phi) is 3.82. The summed E-state index contributed by atoms with van der Waals surface area (Å²) in [5.41, 5.74) is 2.52. The van der Waals surface area contributed by atoms with Crippen LogP contribution in [0.15, 0.2) is 18.2 Å². The highest BCUT2D eigenvalue weighted by molar-refractivity contribution is 5.26. The van der Waals surface area contributed by atoms with Crippen LogP contribution >= 0.6 is 0 Å². The quantitative estimate of drug-likeness (QED) is 0.836. The second-order valence-corrected chi connectivity index (χ2v) is 5.55. The van der Waals surface area contributed by atoms with Gasteiger partial charge in [-0.05, 0) is 49.9 Å². The van der Waals surface area contributed by atoms with E-state index in [0.29, 0.717) is 0 Å². The average molecular weight is 235 g/mol. The number of rotatable bonds is 3. The Morgan fingerprint density at radius 1 is 1.24 bits per heavy atom. The van der Waals surface area contributed by atoms with Crippen LogP contribution in [0.1, 0.15) is 50.2 Å². The van der Waals surface area contributed by atoms with Gasteiger partial charge in [0.2, 0.25) is 0 Å². The van der Waals surface area contributed by atoms with Crippen molar-refractivity contribution >= 4 is 0 Å². The monoisotopic (exact) mass is 235 g/mol. The van der Waals surface area contributed by atoms with Crippen molar-refractivity contribution in [2.45, 2.75) is 58.0 Å². The molecule has 0 aliphatic heterocycles. The van der Waals surface area contributed by atoms with Gasteiger partial charge < -0.3 is 5.32 Å². The Hall–Kier alpha value is -0.890. The Bertz CT molecular complexity index is 381. The van der Waals surface area contributed by atoms with Crippen LogP contribution < -0.4 is 5.32 Å². The molecule has 17 heavy (non-hydrogen) atoms. The fourth-order valence-electron chi connectivity index (χ4n) is 2.68. The van der Waals surface area contributed by atoms with Crippen LogP contribution in [0.25, 0.3) is 0 Å². The van der Waals surface area contributed by atoms with E-state index in [0.717, 1.165) is 12.1 Å². The summed E-state index contributed by atoms with van der Waals surface area (Å²) >= 11 is 0. The molecule has 1 fully saturated rings. The largest absolute Gasteiger partial charge is 0.307 e. The summed E-state index contributed by atoms with van der Waals surface area (Å²) in [7, 11) is 0. The molecule has 1 nitrogen and oxygen atoms in total. The predicted octanol–water partition coefficient (Wildman–Crippen LogP) is 3.95. The van der Waals surface area contributed by atoms with Gasteiger partial charge in [0.15, 0.2) is 0 Å². The molecular formula is C15H22FN. The number of hydrogen-bond acceptors (Lipinski definition) is 1. The van der Waals surface area contributed by atoms with E-state index in [-0.39, 0.29) is 11.4 Å². The zero-order chi connectivity index (χ0) is 12.3. The van der Waals surface area contributed by atoms with Crippen molar-refractivity contribution in [2.24, 2.45) is 0 Å². The molecule has 0 saturated heterocycles. The molecule has 94 valence electrons. The number of benzene rings is 1. The van der Waals surface area contributed by atoms with Gasteiger partial charge in [-0.3, -0.25) is 0 Å². The molecule has 0 amide bonds. The number of aryl methyl sites for hydroxylation is 1. The van der Waals surface area contributed by atoms with Crippen LogP contribution in [0.2, 0.25) is 0 Å². The third kappa shape index (κ3) is 3.29. The minimum absolute atomic E-state index is 0.143. The van der Waals surface area contributed by atoms with Gasteiger partial charge in [0.05, 0.1) is 0 Å². The molecule has 0 bridgehead atoms. The molecule has 1 aromatic carbocycles. The summed E-state index contributed by atoms with van der Waals surface area (Å²) in [6.07, 6.45) is 6.53. The fourth-order valence-corrected chi connectivity index (χ4v) is 2.68. The lowest BCUT2D eigenvalue weighted by Gasteiger charge is -2.35. The van der Waals surface area contributed by atoms with E-state index in [1.807, 2.05) is 13.0 Å². The lowest BCUT2D eigenvalue weighted by Crippen LogP contribution is -2.43. The summed E-state index contributed by atoms with van der Waals surface area (Å²) in [5, 5.41) is 3.65. The molecule has 0 heterocycles. The molecule has 0 spiro atoms. The van der Waals surface area contributed by atoms with E-state index in [9.17, 15) is 4.39 Å². The predicted molar refractivity (Wildman–Crippen MR) is 69.5 cm³/mol. The second-order valence-electron chi connectivity index (χ2n) is 5.55. The maximum atomic E-state index is 13.0. The van der Waals surface area contributed by atoms with Crippen LogP contribution in [-0.2, 0) is 6.54 Å². The third-order valence-corrected chi connectivity index (χ3v) is 3.97. The highest BCUT2D eigenvalue weighted by Crippen LogP contribution is 2.28. The number of nitrogens with one attached hydrogen (secondary N) is 1. The maximum absolute atomic E-state index is 13.0. The standard InChI is InChI=1S/C15H22FN/c1-12-10-14(16)7-6-13(12)11-17-15(2)8-4-3-5-9-15/h6-7,10,17H,3-5,8-9,11H2,1-2H3. The van der Waals surface area contributed by atoms with Crippen LogP contribution in [0.5, 0.6) is 0 Å². The average Bonchev–Trinajstić information content (AvgIpc) is 2.29. The molecule has 2 rings (SSSR count). The topological polar surface area (TPSA) is 12.0 Å². The van der Waals surface area contributed by atoms with Gasteiger partial charge >= 0.3 is 0 Å².